The number of carbonyl (C=O) groups excluding carboxylic acids is 5. The molecule has 2 heterocycles. The van der Waals surface area contributed by atoms with Crippen molar-refractivity contribution >= 4 is 40.7 Å². The predicted octanol–water partition coefficient (Wildman–Crippen LogP) is 3.96. The van der Waals surface area contributed by atoms with E-state index in [1.54, 1.807) is 15.3 Å². The van der Waals surface area contributed by atoms with E-state index in [9.17, 15) is 23.4 Å². The van der Waals surface area contributed by atoms with Crippen LogP contribution in [0.5, 0.6) is 0 Å². The molecule has 8 atom stereocenters. The molecule has 320 valence electrons. The van der Waals surface area contributed by atoms with Gasteiger partial charge in [-0.1, -0.05) is 86.6 Å². The van der Waals surface area contributed by atoms with Crippen LogP contribution in [-0.4, -0.2) is 111 Å². The van der Waals surface area contributed by atoms with E-state index in [-0.39, 0.29) is 51.8 Å². The van der Waals surface area contributed by atoms with E-state index < -0.39 is 52.1 Å². The monoisotopic (exact) mass is 814 g/mol. The van der Waals surface area contributed by atoms with Crippen LogP contribution in [-0.2, 0) is 35.1 Å². The number of likely N-dealkylation sites (N-methyl/N-ethyl adjacent to an activating group) is 1. The van der Waals surface area contributed by atoms with E-state index >= 15 is 4.79 Å². The van der Waals surface area contributed by atoms with Gasteiger partial charge in [0.15, 0.2) is 11.2 Å². The molecule has 4 N–H and O–H groups in total. The Kier molecular flexibility index (Phi) is 12.5. The van der Waals surface area contributed by atoms with Gasteiger partial charge in [0.05, 0.1) is 6.04 Å². The van der Waals surface area contributed by atoms with Crippen LogP contribution in [0.1, 0.15) is 132 Å². The molecule has 0 aromatic rings. The van der Waals surface area contributed by atoms with Gasteiger partial charge in [-0.05, 0) is 87.1 Å². The van der Waals surface area contributed by atoms with Crippen LogP contribution < -0.4 is 20.7 Å². The lowest BCUT2D eigenvalue weighted by atomic mass is 9.73. The lowest BCUT2D eigenvalue weighted by Gasteiger charge is -2.38. The molecule has 0 aromatic heterocycles. The highest BCUT2D eigenvalue weighted by atomic mass is 32.2. The molecule has 0 aromatic carbocycles. The Morgan fingerprint density at radius 1 is 0.877 bits per heavy atom. The Labute approximate surface area is 343 Å². The molecule has 0 radical (unpaired) electrons. The predicted molar refractivity (Wildman–Crippen MR) is 221 cm³/mol. The Balaban J connectivity index is 1.27. The fourth-order valence-electron chi connectivity index (χ4n) is 11.7. The van der Waals surface area contributed by atoms with Gasteiger partial charge in [-0.3, -0.25) is 33.6 Å². The maximum atomic E-state index is 15.2. The first-order valence-electron chi connectivity index (χ1n) is 21.9. The largest absolute Gasteiger partial charge is 0.343 e. The minimum atomic E-state index is -1.78. The normalized spacial score (nSPS) is 32.2. The zero-order chi connectivity index (χ0) is 41.7. The fraction of sp³-hybridized carbons (Fsp3) is 0.837. The van der Waals surface area contributed by atoms with Crippen molar-refractivity contribution in [3.63, 3.8) is 0 Å². The number of nitrogens with zero attached hydrogens (tertiary/aromatic N) is 3. The molecular weight excluding hydrogens is 743 g/mol. The van der Waals surface area contributed by atoms with Crippen molar-refractivity contribution in [2.24, 2.45) is 33.5 Å². The highest BCUT2D eigenvalue weighted by Crippen LogP contribution is 2.88. The number of fused-ring (bicyclic) bond motifs is 1. The molecule has 4 saturated carbocycles. The molecule has 8 unspecified atom stereocenters. The van der Waals surface area contributed by atoms with E-state index in [4.69, 9.17) is 0 Å². The van der Waals surface area contributed by atoms with Gasteiger partial charge in [-0.2, -0.15) is 0 Å². The molecule has 6 fully saturated rings. The summed E-state index contributed by atoms with van der Waals surface area (Å²) in [4.78, 5) is 75.9. The molecule has 6 aliphatic rings. The molecule has 2 spiro atoms. The third kappa shape index (κ3) is 7.62. The van der Waals surface area contributed by atoms with Crippen LogP contribution >= 0.6 is 0 Å². The van der Waals surface area contributed by atoms with Crippen LogP contribution in [0, 0.1) is 33.5 Å². The minimum Gasteiger partial charge on any atom is -0.343 e. The minimum absolute atomic E-state index is 0.0234. The third-order valence-electron chi connectivity index (χ3n) is 15.7. The second-order valence-corrected chi connectivity index (χ2v) is 21.0. The molecule has 2 saturated heterocycles. The molecule has 6 rings (SSSR count). The van der Waals surface area contributed by atoms with E-state index in [1.165, 1.54) is 0 Å². The number of hydrogen-bond donors (Lipinski definition) is 4. The molecular formula is C43H71N7O6S. The number of amides is 5. The van der Waals surface area contributed by atoms with E-state index in [2.05, 4.69) is 46.0 Å². The van der Waals surface area contributed by atoms with Crippen LogP contribution in [0.2, 0.25) is 0 Å². The average Bonchev–Trinajstić information content (AvgIpc) is 3.88. The SMILES string of the molecule is C=CC1CC1(NC(=O)C1CC2(CN1C(=O)C(NC(=O)C(NC(=O)C1CCCCN1C)C1CCCCC1)C(C)(C)C)C(C)(C)C21CCC1)C(=O)NS(=O)N(CC)CC. The molecule has 13 nitrogen and oxygen atoms in total. The number of carbonyl (C=O) groups is 5. The van der Waals surface area contributed by atoms with Crippen molar-refractivity contribution in [2.45, 2.75) is 162 Å². The van der Waals surface area contributed by atoms with Crippen LogP contribution in [0.4, 0.5) is 0 Å². The summed E-state index contributed by atoms with van der Waals surface area (Å²) in [5.41, 5.74) is -2.42. The van der Waals surface area contributed by atoms with Crippen molar-refractivity contribution < 1.29 is 28.2 Å². The Bertz CT molecular complexity index is 1620. The summed E-state index contributed by atoms with van der Waals surface area (Å²) >= 11 is -1.78. The first-order valence-corrected chi connectivity index (χ1v) is 23.0. The van der Waals surface area contributed by atoms with Crippen LogP contribution in [0.3, 0.4) is 0 Å². The van der Waals surface area contributed by atoms with Gasteiger partial charge >= 0.3 is 0 Å². The Morgan fingerprint density at radius 2 is 1.53 bits per heavy atom. The van der Waals surface area contributed by atoms with Gasteiger partial charge in [0.25, 0.3) is 5.91 Å². The van der Waals surface area contributed by atoms with Crippen molar-refractivity contribution in [1.82, 2.24) is 34.8 Å². The molecule has 5 amide bonds. The summed E-state index contributed by atoms with van der Waals surface area (Å²) < 4.78 is 17.3. The Hall–Kier alpha value is -2.84. The van der Waals surface area contributed by atoms with Gasteiger partial charge in [-0.25, -0.2) is 8.51 Å². The quantitative estimate of drug-likeness (QED) is 0.193. The van der Waals surface area contributed by atoms with Gasteiger partial charge in [0.2, 0.25) is 23.6 Å². The van der Waals surface area contributed by atoms with Gasteiger partial charge < -0.3 is 20.9 Å². The zero-order valence-electron chi connectivity index (χ0n) is 36.0. The maximum absolute atomic E-state index is 15.2. The smallest absolute Gasteiger partial charge is 0.259 e. The lowest BCUT2D eigenvalue weighted by molar-refractivity contribution is -0.145. The van der Waals surface area contributed by atoms with Crippen molar-refractivity contribution in [2.75, 3.05) is 33.2 Å². The highest BCUT2D eigenvalue weighted by molar-refractivity contribution is 7.81. The maximum Gasteiger partial charge on any atom is 0.259 e. The number of rotatable bonds is 14. The highest BCUT2D eigenvalue weighted by Gasteiger charge is 2.85. The first kappa shape index (κ1) is 43.7. The van der Waals surface area contributed by atoms with Crippen molar-refractivity contribution in [3.05, 3.63) is 12.7 Å². The lowest BCUT2D eigenvalue weighted by Crippen LogP contribution is -2.63. The topological polar surface area (TPSA) is 160 Å². The number of piperidine rings is 1. The molecule has 57 heavy (non-hydrogen) atoms. The average molecular weight is 814 g/mol. The van der Waals surface area contributed by atoms with Crippen LogP contribution in [0.15, 0.2) is 12.7 Å². The third-order valence-corrected chi connectivity index (χ3v) is 17.1. The summed E-state index contributed by atoms with van der Waals surface area (Å²) in [6, 6.07) is -2.93. The zero-order valence-corrected chi connectivity index (χ0v) is 36.8. The second kappa shape index (κ2) is 16.3. The number of hydrogen-bond acceptors (Lipinski definition) is 7. The second-order valence-electron chi connectivity index (χ2n) is 19.8. The number of nitrogens with one attached hydrogen (secondary N) is 4. The first-order chi connectivity index (χ1) is 26.8. The van der Waals surface area contributed by atoms with Crippen molar-refractivity contribution in [1.29, 1.82) is 0 Å². The molecule has 4 aliphatic carbocycles. The van der Waals surface area contributed by atoms with E-state index in [1.807, 2.05) is 41.7 Å². The van der Waals surface area contributed by atoms with Gasteiger partial charge in [0, 0.05) is 31.0 Å². The summed E-state index contributed by atoms with van der Waals surface area (Å²) in [5, 5.41) is 9.39. The molecule has 2 aliphatic heterocycles. The summed E-state index contributed by atoms with van der Waals surface area (Å²) in [7, 11) is 1.96. The summed E-state index contributed by atoms with van der Waals surface area (Å²) in [5.74, 6) is -2.18. The van der Waals surface area contributed by atoms with E-state index in [0.29, 0.717) is 32.5 Å². The van der Waals surface area contributed by atoms with Gasteiger partial charge in [0.1, 0.15) is 23.7 Å². The van der Waals surface area contributed by atoms with E-state index in [0.717, 1.165) is 77.2 Å². The standard InChI is InChI=1S/C43H71N7O6S/c1-10-29-25-43(29,38(55)47-57(56)49(11-2)12-3)46-35(52)31-26-42(40(7,8)41(42)22-18-23-41)27-50(31)37(54)33(39(4,5)6)45-36(53)32(28-19-14-13-15-20-28)44-34(51)30-21-16-17-24-48(30)9/h10,28-33H,1,11-27H2,2-9H3,(H,44,51)(H,45,53)(H,46,52)(H,47,55). The molecule has 0 bridgehead atoms. The number of likely N-dealkylation sites (tertiary alicyclic amines) is 2. The van der Waals surface area contributed by atoms with Crippen molar-refractivity contribution in [3.8, 4) is 0 Å². The van der Waals surface area contributed by atoms with Crippen LogP contribution in [0.25, 0.3) is 0 Å². The Morgan fingerprint density at radius 3 is 2.05 bits per heavy atom. The van der Waals surface area contributed by atoms with Gasteiger partial charge in [-0.15, -0.1) is 6.58 Å². The fourth-order valence-corrected chi connectivity index (χ4v) is 12.6. The summed E-state index contributed by atoms with van der Waals surface area (Å²) in [6.45, 7) is 20.1. The summed E-state index contributed by atoms with van der Waals surface area (Å²) in [6.07, 6.45) is 13.1. The molecule has 14 heteroatoms.